The van der Waals surface area contributed by atoms with Gasteiger partial charge >= 0.3 is 0 Å². The molecule has 0 aliphatic carbocycles. The molecule has 0 unspecified atom stereocenters. The van der Waals surface area contributed by atoms with Crippen molar-refractivity contribution >= 4 is 39.7 Å². The van der Waals surface area contributed by atoms with E-state index in [9.17, 15) is 4.79 Å². The van der Waals surface area contributed by atoms with Gasteiger partial charge in [0.05, 0.1) is 19.0 Å². The van der Waals surface area contributed by atoms with E-state index < -0.39 is 0 Å². The summed E-state index contributed by atoms with van der Waals surface area (Å²) in [5.74, 6) is 0.320. The molecule has 0 bridgehead atoms. The van der Waals surface area contributed by atoms with Gasteiger partial charge in [-0.05, 0) is 29.8 Å². The molecule has 0 aliphatic rings. The van der Waals surface area contributed by atoms with Gasteiger partial charge in [0.15, 0.2) is 0 Å². The van der Waals surface area contributed by atoms with Crippen LogP contribution in [0.25, 0.3) is 21.9 Å². The Hall–Kier alpha value is -3.80. The van der Waals surface area contributed by atoms with E-state index in [0.29, 0.717) is 22.6 Å². The first kappa shape index (κ1) is 17.6. The minimum Gasteiger partial charge on any atom is -0.495 e. The summed E-state index contributed by atoms with van der Waals surface area (Å²) in [4.78, 5) is 17.3. The van der Waals surface area contributed by atoms with Gasteiger partial charge in [0.2, 0.25) is 0 Å². The highest BCUT2D eigenvalue weighted by Gasteiger charge is 2.15. The van der Waals surface area contributed by atoms with Gasteiger partial charge < -0.3 is 19.3 Å². The first-order chi connectivity index (χ1) is 13.7. The Morgan fingerprint density at radius 3 is 2.54 bits per heavy atom. The number of methoxy groups -OCH3 is 1. The average molecular weight is 374 g/mol. The number of benzene rings is 3. The van der Waals surface area contributed by atoms with Crippen molar-refractivity contribution in [1.29, 1.82) is 0 Å². The van der Waals surface area contributed by atoms with Crippen LogP contribution in [0, 0.1) is 0 Å². The van der Waals surface area contributed by atoms with E-state index in [1.54, 1.807) is 43.7 Å². The maximum atomic E-state index is 12.7. The Labute approximate surface area is 161 Å². The fraction of sp³-hybridized carbons (Fsp3) is 0.0909. The maximum absolute atomic E-state index is 12.7. The molecule has 0 fully saturated rings. The molecule has 3 aromatic carbocycles. The molecule has 0 saturated heterocycles. The molecule has 0 atom stereocenters. The molecule has 140 valence electrons. The van der Waals surface area contributed by atoms with Gasteiger partial charge in [-0.3, -0.25) is 4.79 Å². The van der Waals surface area contributed by atoms with E-state index in [1.165, 1.54) is 7.11 Å². The number of hydrogen-bond acceptors (Lipinski definition) is 5. The van der Waals surface area contributed by atoms with Crippen LogP contribution in [-0.4, -0.2) is 26.3 Å². The lowest BCUT2D eigenvalue weighted by Gasteiger charge is -2.10. The number of hydrogen-bond donors (Lipinski definition) is 1. The average Bonchev–Trinajstić information content (AvgIpc) is 3.09. The van der Waals surface area contributed by atoms with Crippen molar-refractivity contribution in [1.82, 2.24) is 0 Å². The van der Waals surface area contributed by atoms with Crippen LogP contribution in [-0.2, 0) is 4.84 Å². The molecular weight excluding hydrogens is 356 g/mol. The third kappa shape index (κ3) is 3.27. The van der Waals surface area contributed by atoms with Crippen molar-refractivity contribution in [2.75, 3.05) is 19.5 Å². The Morgan fingerprint density at radius 2 is 1.79 bits per heavy atom. The summed E-state index contributed by atoms with van der Waals surface area (Å²) < 4.78 is 11.4. The van der Waals surface area contributed by atoms with Gasteiger partial charge in [-0.1, -0.05) is 35.5 Å². The number of carbonyl (C=O) groups excluding carboxylic acids is 1. The maximum Gasteiger partial charge on any atom is 0.255 e. The lowest BCUT2D eigenvalue weighted by atomic mass is 10.1. The number of amides is 1. The first-order valence-electron chi connectivity index (χ1n) is 8.67. The van der Waals surface area contributed by atoms with Crippen LogP contribution < -0.4 is 10.1 Å². The highest BCUT2D eigenvalue weighted by molar-refractivity contribution is 6.10. The number of ether oxygens (including phenoxy) is 1. The Kier molecular flexibility index (Phi) is 4.68. The quantitative estimate of drug-likeness (QED) is 0.401. The van der Waals surface area contributed by atoms with Gasteiger partial charge in [-0.15, -0.1) is 0 Å². The molecule has 1 amide bonds. The second-order valence-corrected chi connectivity index (χ2v) is 6.14. The molecule has 1 N–H and O–H groups in total. The normalized spacial score (nSPS) is 11.2. The summed E-state index contributed by atoms with van der Waals surface area (Å²) in [6.07, 6.45) is 1.57. The van der Waals surface area contributed by atoms with Crippen molar-refractivity contribution in [3.05, 3.63) is 71.8 Å². The molecule has 0 aliphatic heterocycles. The van der Waals surface area contributed by atoms with Crippen molar-refractivity contribution < 1.29 is 18.8 Å². The smallest absolute Gasteiger partial charge is 0.255 e. The fourth-order valence-corrected chi connectivity index (χ4v) is 3.05. The van der Waals surface area contributed by atoms with Gasteiger partial charge in [0.25, 0.3) is 5.91 Å². The molecule has 4 rings (SSSR count). The van der Waals surface area contributed by atoms with Crippen LogP contribution in [0.2, 0.25) is 0 Å². The summed E-state index contributed by atoms with van der Waals surface area (Å²) in [5.41, 5.74) is 3.37. The zero-order valence-electron chi connectivity index (χ0n) is 15.4. The van der Waals surface area contributed by atoms with E-state index in [0.717, 1.165) is 21.9 Å². The van der Waals surface area contributed by atoms with Gasteiger partial charge in [-0.25, -0.2) is 0 Å². The fourth-order valence-electron chi connectivity index (χ4n) is 3.05. The second-order valence-electron chi connectivity index (χ2n) is 6.14. The Bertz CT molecular complexity index is 1180. The van der Waals surface area contributed by atoms with Gasteiger partial charge in [0.1, 0.15) is 24.0 Å². The zero-order valence-corrected chi connectivity index (χ0v) is 15.4. The molecule has 1 heterocycles. The van der Waals surface area contributed by atoms with Crippen LogP contribution in [0.5, 0.6) is 5.75 Å². The minimum atomic E-state index is -0.246. The molecule has 0 spiro atoms. The van der Waals surface area contributed by atoms with Crippen LogP contribution >= 0.6 is 0 Å². The molecule has 1 aromatic heterocycles. The lowest BCUT2D eigenvalue weighted by Crippen LogP contribution is -2.12. The summed E-state index contributed by atoms with van der Waals surface area (Å²) in [6.45, 7) is 0. The van der Waals surface area contributed by atoms with Crippen LogP contribution in [0.3, 0.4) is 0 Å². The Balaban J connectivity index is 1.65. The monoisotopic (exact) mass is 374 g/mol. The highest BCUT2D eigenvalue weighted by atomic mass is 16.6. The molecule has 0 saturated carbocycles. The van der Waals surface area contributed by atoms with E-state index in [4.69, 9.17) is 9.15 Å². The third-order valence-electron chi connectivity index (χ3n) is 4.43. The number of carbonyl (C=O) groups is 1. The van der Waals surface area contributed by atoms with Crippen LogP contribution in [0.1, 0.15) is 15.9 Å². The van der Waals surface area contributed by atoms with Crippen LogP contribution in [0.4, 0.5) is 5.69 Å². The largest absolute Gasteiger partial charge is 0.495 e. The number of furan rings is 1. The number of nitrogens with zero attached hydrogens (tertiary/aromatic N) is 1. The van der Waals surface area contributed by atoms with Crippen molar-refractivity contribution in [3.63, 3.8) is 0 Å². The first-order valence-corrected chi connectivity index (χ1v) is 8.67. The third-order valence-corrected chi connectivity index (χ3v) is 4.43. The summed E-state index contributed by atoms with van der Waals surface area (Å²) >= 11 is 0. The Morgan fingerprint density at radius 1 is 1.00 bits per heavy atom. The molecule has 6 heteroatoms. The van der Waals surface area contributed by atoms with Crippen molar-refractivity contribution in [3.8, 4) is 5.75 Å². The van der Waals surface area contributed by atoms with Gasteiger partial charge in [-0.2, -0.15) is 0 Å². The number of rotatable bonds is 5. The topological polar surface area (TPSA) is 73.1 Å². The van der Waals surface area contributed by atoms with E-state index >= 15 is 0 Å². The molecular formula is C22H18N2O4. The highest BCUT2D eigenvalue weighted by Crippen LogP contribution is 2.36. The zero-order chi connectivity index (χ0) is 19.5. The van der Waals surface area contributed by atoms with Gasteiger partial charge in [0, 0.05) is 22.4 Å². The second kappa shape index (κ2) is 7.44. The van der Waals surface area contributed by atoms with Crippen molar-refractivity contribution in [2.24, 2.45) is 5.16 Å². The summed E-state index contributed by atoms with van der Waals surface area (Å²) in [5, 5.41) is 8.54. The van der Waals surface area contributed by atoms with E-state index in [2.05, 4.69) is 15.3 Å². The van der Waals surface area contributed by atoms with Crippen LogP contribution in [0.15, 0.2) is 70.2 Å². The molecule has 6 nitrogen and oxygen atoms in total. The van der Waals surface area contributed by atoms with E-state index in [-0.39, 0.29) is 5.91 Å². The number of anilines is 1. The minimum absolute atomic E-state index is 0.246. The molecule has 28 heavy (non-hydrogen) atoms. The summed E-state index contributed by atoms with van der Waals surface area (Å²) in [7, 11) is 3.05. The standard InChI is InChI=1S/C22H18N2O4/c1-26-21-11-17-16-5-3-4-6-19(16)28-20(17)12-18(21)24-22(25)15-9-7-14(8-10-15)13-23-27-2/h3-13H,1-2H3,(H,24,25)/b23-13+. The predicted octanol–water partition coefficient (Wildman–Crippen LogP) is 4.83. The molecule has 4 aromatic rings. The predicted molar refractivity (Wildman–Crippen MR) is 109 cm³/mol. The van der Waals surface area contributed by atoms with E-state index in [1.807, 2.05) is 30.3 Å². The number of oxime groups is 1. The number of para-hydroxylation sites is 1. The number of fused-ring (bicyclic) bond motifs is 3. The number of nitrogens with one attached hydrogen (secondary N) is 1. The lowest BCUT2D eigenvalue weighted by molar-refractivity contribution is 0.102. The molecule has 0 radical (unpaired) electrons. The summed E-state index contributed by atoms with van der Waals surface area (Å²) in [6, 6.07) is 18.5. The van der Waals surface area contributed by atoms with Crippen molar-refractivity contribution in [2.45, 2.75) is 0 Å². The SMILES string of the molecule is CO/N=C/c1ccc(C(=O)Nc2cc3oc4ccccc4c3cc2OC)cc1.